The second-order valence-electron chi connectivity index (χ2n) is 4.27. The quantitative estimate of drug-likeness (QED) is 0.849. The zero-order valence-electron chi connectivity index (χ0n) is 10.7. The third kappa shape index (κ3) is 2.78. The van der Waals surface area contributed by atoms with Gasteiger partial charge in [0.05, 0.1) is 18.4 Å². The van der Waals surface area contributed by atoms with Gasteiger partial charge in [-0.3, -0.25) is 0 Å². The minimum absolute atomic E-state index is 0.0562. The van der Waals surface area contributed by atoms with E-state index in [4.69, 9.17) is 4.74 Å². The van der Waals surface area contributed by atoms with E-state index in [9.17, 15) is 5.11 Å². The predicted octanol–water partition coefficient (Wildman–Crippen LogP) is 2.17. The molecule has 0 fully saturated rings. The molecule has 0 saturated heterocycles. The van der Waals surface area contributed by atoms with Crippen molar-refractivity contribution < 1.29 is 9.84 Å². The molecule has 0 spiro atoms. The van der Waals surface area contributed by atoms with Crippen LogP contribution in [0.3, 0.4) is 0 Å². The number of hydrogen-bond donors (Lipinski definition) is 2. The lowest BCUT2D eigenvalue weighted by Gasteiger charge is -2.14. The number of methoxy groups -OCH3 is 1. The molecule has 1 aromatic carbocycles. The third-order valence-electron chi connectivity index (χ3n) is 2.91. The van der Waals surface area contributed by atoms with Crippen LogP contribution in [0.2, 0.25) is 0 Å². The molecule has 4 heteroatoms. The van der Waals surface area contributed by atoms with Gasteiger partial charge in [-0.15, -0.1) is 0 Å². The molecule has 1 unspecified atom stereocenters. The highest BCUT2D eigenvalue weighted by Crippen LogP contribution is 2.22. The highest BCUT2D eigenvalue weighted by Gasteiger charge is 2.06. The maximum atomic E-state index is 9.23. The van der Waals surface area contributed by atoms with E-state index < -0.39 is 0 Å². The van der Waals surface area contributed by atoms with E-state index in [1.165, 1.54) is 0 Å². The van der Waals surface area contributed by atoms with Gasteiger partial charge in [-0.05, 0) is 18.4 Å². The van der Waals surface area contributed by atoms with Crippen LogP contribution in [-0.2, 0) is 11.3 Å². The first-order valence-electron chi connectivity index (χ1n) is 6.00. The Morgan fingerprint density at radius 1 is 1.39 bits per heavy atom. The van der Waals surface area contributed by atoms with Crippen molar-refractivity contribution in [3.8, 4) is 0 Å². The molecule has 96 valence electrons. The highest BCUT2D eigenvalue weighted by atomic mass is 16.5. The van der Waals surface area contributed by atoms with Crippen LogP contribution >= 0.6 is 0 Å². The number of benzene rings is 1. The molecular formula is C14H18N2O2. The Balaban J connectivity index is 2.34. The minimum atomic E-state index is -0.0562. The van der Waals surface area contributed by atoms with Crippen LogP contribution in [0.5, 0.6) is 0 Å². The number of hydrogen-bond acceptors (Lipinski definition) is 4. The Bertz CT molecular complexity index is 528. The molecule has 0 aliphatic heterocycles. The van der Waals surface area contributed by atoms with E-state index >= 15 is 0 Å². The number of fused-ring (bicyclic) bond motifs is 1. The molecule has 1 aromatic heterocycles. The van der Waals surface area contributed by atoms with Gasteiger partial charge in [0.25, 0.3) is 0 Å². The summed E-state index contributed by atoms with van der Waals surface area (Å²) in [5, 5.41) is 14.6. The van der Waals surface area contributed by atoms with Gasteiger partial charge in [-0.2, -0.15) is 0 Å². The van der Waals surface area contributed by atoms with E-state index in [1.54, 1.807) is 7.11 Å². The summed E-state index contributed by atoms with van der Waals surface area (Å²) in [6, 6.07) is 9.89. The first-order chi connectivity index (χ1) is 8.74. The largest absolute Gasteiger partial charge is 0.390 e. The van der Waals surface area contributed by atoms with E-state index in [2.05, 4.69) is 10.3 Å². The fourth-order valence-electron chi connectivity index (χ4n) is 1.79. The zero-order valence-corrected chi connectivity index (χ0v) is 10.7. The molecule has 0 amide bonds. The lowest BCUT2D eigenvalue weighted by atomic mass is 10.1. The first kappa shape index (κ1) is 12.8. The molecule has 18 heavy (non-hydrogen) atoms. The third-order valence-corrected chi connectivity index (χ3v) is 2.91. The summed E-state index contributed by atoms with van der Waals surface area (Å²) in [7, 11) is 1.68. The molecule has 4 nitrogen and oxygen atoms in total. The van der Waals surface area contributed by atoms with Crippen LogP contribution < -0.4 is 5.32 Å². The second kappa shape index (κ2) is 5.80. The monoisotopic (exact) mass is 246 g/mol. The number of ether oxygens (including phenoxy) is 1. The maximum Gasteiger partial charge on any atom is 0.134 e. The van der Waals surface area contributed by atoms with E-state index in [0.717, 1.165) is 16.6 Å². The van der Waals surface area contributed by atoms with Crippen LogP contribution in [-0.4, -0.2) is 29.8 Å². The van der Waals surface area contributed by atoms with Crippen molar-refractivity contribution in [1.82, 2.24) is 4.98 Å². The smallest absolute Gasteiger partial charge is 0.134 e. The Morgan fingerprint density at radius 2 is 2.17 bits per heavy atom. The van der Waals surface area contributed by atoms with Gasteiger partial charge in [0, 0.05) is 19.0 Å². The summed E-state index contributed by atoms with van der Waals surface area (Å²) in [6.45, 7) is 2.62. The van der Waals surface area contributed by atoms with E-state index in [1.807, 2.05) is 37.3 Å². The van der Waals surface area contributed by atoms with Gasteiger partial charge in [0.15, 0.2) is 0 Å². The number of aliphatic hydroxyl groups is 1. The van der Waals surface area contributed by atoms with Crippen molar-refractivity contribution >= 4 is 16.6 Å². The average molecular weight is 246 g/mol. The van der Waals surface area contributed by atoms with Crippen molar-refractivity contribution in [2.45, 2.75) is 19.6 Å². The summed E-state index contributed by atoms with van der Waals surface area (Å²) in [6.07, 6.45) is 0.114. The summed E-state index contributed by atoms with van der Waals surface area (Å²) in [5.41, 5.74) is 0.668. The Hall–Kier alpha value is -1.65. The lowest BCUT2D eigenvalue weighted by molar-refractivity contribution is 0.128. The molecule has 0 radical (unpaired) electrons. The molecule has 0 saturated carbocycles. The van der Waals surface area contributed by atoms with Crippen LogP contribution in [0, 0.1) is 0 Å². The van der Waals surface area contributed by atoms with Crippen molar-refractivity contribution in [2.75, 3.05) is 19.0 Å². The normalized spacial score (nSPS) is 12.6. The number of rotatable bonds is 5. The molecule has 1 atom stereocenters. The van der Waals surface area contributed by atoms with E-state index in [-0.39, 0.29) is 12.7 Å². The average Bonchev–Trinajstić information content (AvgIpc) is 2.43. The molecule has 2 aromatic rings. The van der Waals surface area contributed by atoms with Crippen molar-refractivity contribution in [3.05, 3.63) is 36.0 Å². The molecular weight excluding hydrogens is 228 g/mol. The fourth-order valence-corrected chi connectivity index (χ4v) is 1.79. The molecule has 2 rings (SSSR count). The summed E-state index contributed by atoms with van der Waals surface area (Å²) in [4.78, 5) is 4.41. The van der Waals surface area contributed by atoms with Gasteiger partial charge in [-0.25, -0.2) is 4.98 Å². The number of nitrogens with zero attached hydrogens (tertiary/aromatic N) is 1. The predicted molar refractivity (Wildman–Crippen MR) is 72.6 cm³/mol. The molecule has 1 heterocycles. The molecule has 0 aliphatic rings. The van der Waals surface area contributed by atoms with Crippen LogP contribution in [0.25, 0.3) is 10.8 Å². The summed E-state index contributed by atoms with van der Waals surface area (Å²) >= 11 is 0. The molecule has 0 bridgehead atoms. The maximum absolute atomic E-state index is 9.23. The topological polar surface area (TPSA) is 54.4 Å². The van der Waals surface area contributed by atoms with Crippen LogP contribution in [0.1, 0.15) is 12.6 Å². The fraction of sp³-hybridized carbons (Fsp3) is 0.357. The molecule has 2 N–H and O–H groups in total. The first-order valence-corrected chi connectivity index (χ1v) is 6.00. The van der Waals surface area contributed by atoms with Gasteiger partial charge >= 0.3 is 0 Å². The van der Waals surface area contributed by atoms with E-state index in [0.29, 0.717) is 12.2 Å². The number of nitrogens with one attached hydrogen (secondary N) is 1. The van der Waals surface area contributed by atoms with Gasteiger partial charge in [-0.1, -0.05) is 24.3 Å². The lowest BCUT2D eigenvalue weighted by Crippen LogP contribution is -2.19. The summed E-state index contributed by atoms with van der Waals surface area (Å²) in [5.74, 6) is 0.793. The van der Waals surface area contributed by atoms with Crippen molar-refractivity contribution in [1.29, 1.82) is 0 Å². The molecule has 0 aliphatic carbocycles. The SMILES string of the molecule is COC(C)CNc1nc(CO)cc2ccccc12. The number of aliphatic hydroxyl groups excluding tert-OH is 1. The standard InChI is InChI=1S/C14H18N2O2/c1-10(18-2)8-15-14-13-6-4-3-5-11(13)7-12(9-17)16-14/h3-7,10,17H,8-9H2,1-2H3,(H,15,16). The Kier molecular flexibility index (Phi) is 4.12. The Morgan fingerprint density at radius 3 is 2.89 bits per heavy atom. The van der Waals surface area contributed by atoms with Crippen molar-refractivity contribution in [3.63, 3.8) is 0 Å². The van der Waals surface area contributed by atoms with Crippen LogP contribution in [0.4, 0.5) is 5.82 Å². The zero-order chi connectivity index (χ0) is 13.0. The Labute approximate surface area is 107 Å². The summed E-state index contributed by atoms with van der Waals surface area (Å²) < 4.78 is 5.20. The van der Waals surface area contributed by atoms with Crippen molar-refractivity contribution in [2.24, 2.45) is 0 Å². The number of pyridine rings is 1. The minimum Gasteiger partial charge on any atom is -0.390 e. The van der Waals surface area contributed by atoms with Gasteiger partial charge in [0.2, 0.25) is 0 Å². The second-order valence-corrected chi connectivity index (χ2v) is 4.27. The van der Waals surface area contributed by atoms with Gasteiger partial charge in [0.1, 0.15) is 5.82 Å². The van der Waals surface area contributed by atoms with Crippen LogP contribution in [0.15, 0.2) is 30.3 Å². The highest BCUT2D eigenvalue weighted by molar-refractivity contribution is 5.92. The number of aromatic nitrogens is 1. The number of anilines is 1. The van der Waals surface area contributed by atoms with Gasteiger partial charge < -0.3 is 15.2 Å².